The Balaban J connectivity index is 2.27. The Bertz CT molecular complexity index is 499. The summed E-state index contributed by atoms with van der Waals surface area (Å²) in [6, 6.07) is 7.55. The second kappa shape index (κ2) is 5.14. The van der Waals surface area contributed by atoms with Gasteiger partial charge in [0.2, 0.25) is 0 Å². The van der Waals surface area contributed by atoms with Crippen LogP contribution in [0.1, 0.15) is 25.6 Å². The lowest BCUT2D eigenvalue weighted by Crippen LogP contribution is -2.02. The molecule has 5 heteroatoms. The van der Waals surface area contributed by atoms with Crippen molar-refractivity contribution in [2.75, 3.05) is 5.73 Å². The zero-order chi connectivity index (χ0) is 12.3. The highest BCUT2D eigenvalue weighted by molar-refractivity contribution is 7.99. The van der Waals surface area contributed by atoms with Gasteiger partial charge in [-0.2, -0.15) is 0 Å². The maximum Gasteiger partial charge on any atom is 0.134 e. The monoisotopic (exact) mass is 246 g/mol. The van der Waals surface area contributed by atoms with E-state index in [0.717, 1.165) is 15.9 Å². The summed E-state index contributed by atoms with van der Waals surface area (Å²) in [4.78, 5) is 12.9. The van der Waals surface area contributed by atoms with Crippen LogP contribution in [0.4, 0.5) is 5.82 Å². The molecule has 0 aliphatic rings. The second-order valence-electron chi connectivity index (χ2n) is 3.91. The zero-order valence-electron chi connectivity index (χ0n) is 9.79. The smallest absolute Gasteiger partial charge is 0.134 e. The van der Waals surface area contributed by atoms with Crippen molar-refractivity contribution in [1.82, 2.24) is 15.0 Å². The molecule has 2 aromatic heterocycles. The Morgan fingerprint density at radius 1 is 1.18 bits per heavy atom. The average Bonchev–Trinajstić information content (AvgIpc) is 2.29. The molecule has 0 saturated heterocycles. The Morgan fingerprint density at radius 3 is 2.65 bits per heavy atom. The van der Waals surface area contributed by atoms with Crippen LogP contribution in [0.25, 0.3) is 0 Å². The zero-order valence-corrected chi connectivity index (χ0v) is 10.6. The van der Waals surface area contributed by atoms with Crippen LogP contribution in [0.15, 0.2) is 40.5 Å². The van der Waals surface area contributed by atoms with Gasteiger partial charge in [0.15, 0.2) is 0 Å². The van der Waals surface area contributed by atoms with Gasteiger partial charge in [0.1, 0.15) is 21.7 Å². The van der Waals surface area contributed by atoms with E-state index >= 15 is 0 Å². The van der Waals surface area contributed by atoms with Crippen LogP contribution < -0.4 is 5.73 Å². The van der Waals surface area contributed by atoms with Crippen molar-refractivity contribution in [2.24, 2.45) is 0 Å². The van der Waals surface area contributed by atoms with E-state index in [0.29, 0.717) is 5.82 Å². The minimum absolute atomic E-state index is 0.265. The largest absolute Gasteiger partial charge is 0.384 e. The van der Waals surface area contributed by atoms with Crippen LogP contribution in [-0.4, -0.2) is 15.0 Å². The summed E-state index contributed by atoms with van der Waals surface area (Å²) >= 11 is 1.49. The van der Waals surface area contributed by atoms with E-state index in [1.807, 2.05) is 32.0 Å². The Hall–Kier alpha value is -1.62. The maximum absolute atomic E-state index is 5.77. The molecular weight excluding hydrogens is 232 g/mol. The summed E-state index contributed by atoms with van der Waals surface area (Å²) in [6.45, 7) is 4.09. The first-order chi connectivity index (χ1) is 8.15. The number of aromatic nitrogens is 3. The summed E-state index contributed by atoms with van der Waals surface area (Å²) in [5, 5.41) is 1.74. The molecule has 0 aliphatic heterocycles. The lowest BCUT2D eigenvalue weighted by atomic mass is 10.2. The van der Waals surface area contributed by atoms with Gasteiger partial charge in [-0.1, -0.05) is 19.9 Å². The molecule has 0 aliphatic carbocycles. The van der Waals surface area contributed by atoms with Crippen molar-refractivity contribution in [3.05, 3.63) is 36.3 Å². The molecule has 2 heterocycles. The molecule has 0 spiro atoms. The minimum Gasteiger partial charge on any atom is -0.384 e. The quantitative estimate of drug-likeness (QED) is 0.843. The maximum atomic E-state index is 5.77. The first kappa shape index (κ1) is 11.9. The predicted octanol–water partition coefficient (Wildman–Crippen LogP) is 2.73. The number of hydrogen-bond acceptors (Lipinski definition) is 5. The summed E-state index contributed by atoms with van der Waals surface area (Å²) in [6.07, 6.45) is 1.76. The number of pyridine rings is 1. The third-order valence-electron chi connectivity index (χ3n) is 2.10. The molecule has 0 radical (unpaired) electrons. The Morgan fingerprint density at radius 2 is 2.00 bits per heavy atom. The molecule has 2 aromatic rings. The first-order valence-electron chi connectivity index (χ1n) is 5.38. The predicted molar refractivity (Wildman–Crippen MR) is 68.9 cm³/mol. The lowest BCUT2D eigenvalue weighted by Gasteiger charge is -2.07. The Labute approximate surface area is 105 Å². The molecule has 17 heavy (non-hydrogen) atoms. The van der Waals surface area contributed by atoms with Gasteiger partial charge < -0.3 is 5.73 Å². The van der Waals surface area contributed by atoms with E-state index in [9.17, 15) is 0 Å². The van der Waals surface area contributed by atoms with Crippen molar-refractivity contribution in [2.45, 2.75) is 29.8 Å². The number of nitrogen functional groups attached to an aromatic ring is 1. The summed E-state index contributed by atoms with van der Waals surface area (Å²) < 4.78 is 0. The molecule has 0 saturated carbocycles. The summed E-state index contributed by atoms with van der Waals surface area (Å²) in [5.41, 5.74) is 5.77. The fourth-order valence-corrected chi connectivity index (χ4v) is 2.08. The second-order valence-corrected chi connectivity index (χ2v) is 4.95. The van der Waals surface area contributed by atoms with Gasteiger partial charge in [-0.15, -0.1) is 0 Å². The van der Waals surface area contributed by atoms with Gasteiger partial charge in [-0.05, 0) is 23.9 Å². The highest BCUT2D eigenvalue weighted by Gasteiger charge is 2.08. The van der Waals surface area contributed by atoms with E-state index in [-0.39, 0.29) is 5.92 Å². The van der Waals surface area contributed by atoms with Crippen LogP contribution in [0.2, 0.25) is 0 Å². The first-order valence-corrected chi connectivity index (χ1v) is 6.20. The molecule has 88 valence electrons. The van der Waals surface area contributed by atoms with Crippen molar-refractivity contribution >= 4 is 17.6 Å². The van der Waals surface area contributed by atoms with Crippen LogP contribution in [0, 0.1) is 0 Å². The normalized spacial score (nSPS) is 10.8. The van der Waals surface area contributed by atoms with Gasteiger partial charge >= 0.3 is 0 Å². The van der Waals surface area contributed by atoms with Gasteiger partial charge in [-0.25, -0.2) is 15.0 Å². The van der Waals surface area contributed by atoms with E-state index in [1.54, 1.807) is 12.3 Å². The van der Waals surface area contributed by atoms with E-state index in [1.165, 1.54) is 11.8 Å². The van der Waals surface area contributed by atoms with Gasteiger partial charge in [0.25, 0.3) is 0 Å². The fraction of sp³-hybridized carbons (Fsp3) is 0.250. The molecule has 4 nitrogen and oxygen atoms in total. The molecule has 0 atom stereocenters. The van der Waals surface area contributed by atoms with Crippen molar-refractivity contribution in [3.8, 4) is 0 Å². The average molecular weight is 246 g/mol. The fourth-order valence-electron chi connectivity index (χ4n) is 1.29. The standard InChI is InChI=1S/C12H14N4S/c1-8(2)12-15-9(13)7-11(16-12)17-10-5-3-4-6-14-10/h3-8H,1-2H3,(H2,13,15,16). The molecule has 2 N–H and O–H groups in total. The molecular formula is C12H14N4S. The van der Waals surface area contributed by atoms with Crippen LogP contribution >= 0.6 is 11.8 Å². The van der Waals surface area contributed by atoms with Gasteiger partial charge in [-0.3, -0.25) is 0 Å². The van der Waals surface area contributed by atoms with E-state index in [2.05, 4.69) is 15.0 Å². The molecule has 0 bridgehead atoms. The summed E-state index contributed by atoms with van der Waals surface area (Å²) in [7, 11) is 0. The highest BCUT2D eigenvalue weighted by Crippen LogP contribution is 2.26. The number of rotatable bonds is 3. The third-order valence-corrected chi connectivity index (χ3v) is 2.97. The molecule has 0 unspecified atom stereocenters. The van der Waals surface area contributed by atoms with Gasteiger partial charge in [0, 0.05) is 18.2 Å². The van der Waals surface area contributed by atoms with E-state index in [4.69, 9.17) is 5.73 Å². The minimum atomic E-state index is 0.265. The molecule has 2 rings (SSSR count). The number of anilines is 1. The third kappa shape index (κ3) is 3.17. The van der Waals surface area contributed by atoms with E-state index < -0.39 is 0 Å². The van der Waals surface area contributed by atoms with Crippen LogP contribution in [-0.2, 0) is 0 Å². The van der Waals surface area contributed by atoms with Crippen molar-refractivity contribution in [1.29, 1.82) is 0 Å². The molecule has 0 amide bonds. The molecule has 0 fully saturated rings. The van der Waals surface area contributed by atoms with Crippen molar-refractivity contribution in [3.63, 3.8) is 0 Å². The highest BCUT2D eigenvalue weighted by atomic mass is 32.2. The SMILES string of the molecule is CC(C)c1nc(N)cc(Sc2ccccn2)n1. The molecule has 0 aromatic carbocycles. The topological polar surface area (TPSA) is 64.7 Å². The van der Waals surface area contributed by atoms with Crippen LogP contribution in [0.5, 0.6) is 0 Å². The summed E-state index contributed by atoms with van der Waals surface area (Å²) in [5.74, 6) is 1.53. The van der Waals surface area contributed by atoms with Gasteiger partial charge in [0.05, 0.1) is 0 Å². The number of nitrogens with zero attached hydrogens (tertiary/aromatic N) is 3. The van der Waals surface area contributed by atoms with Crippen LogP contribution in [0.3, 0.4) is 0 Å². The van der Waals surface area contributed by atoms with Crippen molar-refractivity contribution < 1.29 is 0 Å². The number of nitrogens with two attached hydrogens (primary N) is 1. The lowest BCUT2D eigenvalue weighted by molar-refractivity contribution is 0.756. The number of hydrogen-bond donors (Lipinski definition) is 1. The Kier molecular flexibility index (Phi) is 3.58.